The monoisotopic (exact) mass is 676 g/mol. The van der Waals surface area contributed by atoms with Gasteiger partial charge in [-0.2, -0.15) is 0 Å². The van der Waals surface area contributed by atoms with E-state index in [1.54, 1.807) is 13.0 Å². The number of hydrogen-bond acceptors (Lipinski definition) is 15. The topological polar surface area (TPSA) is 185 Å². The number of carbonyl (C=O) groups excluding carboxylic acids is 6. The summed E-state index contributed by atoms with van der Waals surface area (Å²) in [6.07, 6.45) is -5.79. The summed E-state index contributed by atoms with van der Waals surface area (Å²) < 4.78 is 49.7. The van der Waals surface area contributed by atoms with Gasteiger partial charge in [0.25, 0.3) is 0 Å². The second-order valence-corrected chi connectivity index (χ2v) is 10.7. The molecule has 15 heteroatoms. The standard InChI is InChI=1S/C33H40O15/c1-7-23-24(15-27(38)41-14-13-22-11-9-8-10-12-22)25(31(39)40-6)16-43-32(23)48-33-30(46-21(5)37)29(45-20(4)36)28(44-19(3)35)26(47-33)17-42-18(2)34/h7-12,16,24,26,28-30,32-33H,13-15,17H2,1-6H3/b23-7+/t24-,26+,28+,29-,30+,32-,33-/m0/s1. The largest absolute Gasteiger partial charge is 0.468 e. The van der Waals surface area contributed by atoms with E-state index in [0.717, 1.165) is 39.5 Å². The SMILES string of the molecule is C/C=C1/[C@H](O[C@@H]2O[C@H](COC(C)=O)[C@@H](OC(C)=O)[C@H](OC(C)=O)[C@H]2OC(C)=O)OC=C(C(=O)OC)[C@H]1CC(=O)OCCc1ccccc1. The Bertz CT molecular complexity index is 1380. The molecule has 1 aromatic carbocycles. The van der Waals surface area contributed by atoms with Gasteiger partial charge >= 0.3 is 35.8 Å². The summed E-state index contributed by atoms with van der Waals surface area (Å²) >= 11 is 0. The van der Waals surface area contributed by atoms with Crippen molar-refractivity contribution in [2.24, 2.45) is 5.92 Å². The molecule has 0 bridgehead atoms. The molecule has 2 aliphatic heterocycles. The lowest BCUT2D eigenvalue weighted by molar-refractivity contribution is -0.331. The van der Waals surface area contributed by atoms with Crippen LogP contribution in [0.2, 0.25) is 0 Å². The van der Waals surface area contributed by atoms with Crippen LogP contribution < -0.4 is 0 Å². The number of ether oxygens (including phenoxy) is 9. The van der Waals surface area contributed by atoms with Crippen LogP contribution in [0.5, 0.6) is 0 Å². The Labute approximate surface area is 277 Å². The van der Waals surface area contributed by atoms with E-state index in [0.29, 0.717) is 6.42 Å². The van der Waals surface area contributed by atoms with Gasteiger partial charge in [0.15, 0.2) is 18.3 Å². The second kappa shape index (κ2) is 18.0. The Morgan fingerprint density at radius 1 is 0.812 bits per heavy atom. The van der Waals surface area contributed by atoms with Crippen LogP contribution in [0.3, 0.4) is 0 Å². The number of esters is 6. The first-order chi connectivity index (χ1) is 22.8. The predicted molar refractivity (Wildman–Crippen MR) is 161 cm³/mol. The minimum absolute atomic E-state index is 0.00649. The van der Waals surface area contributed by atoms with Crippen LogP contribution in [-0.2, 0) is 77.8 Å². The molecule has 0 saturated carbocycles. The minimum Gasteiger partial charge on any atom is -0.468 e. The van der Waals surface area contributed by atoms with E-state index in [4.69, 9.17) is 42.6 Å². The van der Waals surface area contributed by atoms with Gasteiger partial charge in [-0.05, 0) is 12.5 Å². The molecular formula is C33H40O15. The summed E-state index contributed by atoms with van der Waals surface area (Å²) in [4.78, 5) is 73.8. The van der Waals surface area contributed by atoms with E-state index >= 15 is 0 Å². The maximum absolute atomic E-state index is 13.0. The third kappa shape index (κ3) is 10.6. The number of carbonyl (C=O) groups is 6. The van der Waals surface area contributed by atoms with Crippen molar-refractivity contribution in [1.29, 1.82) is 0 Å². The Balaban J connectivity index is 1.92. The van der Waals surface area contributed by atoms with Gasteiger partial charge in [-0.25, -0.2) is 4.79 Å². The molecule has 2 aliphatic rings. The second-order valence-electron chi connectivity index (χ2n) is 10.7. The Morgan fingerprint density at radius 2 is 1.44 bits per heavy atom. The minimum atomic E-state index is -1.59. The van der Waals surface area contributed by atoms with Crippen LogP contribution in [-0.4, -0.2) is 93.1 Å². The fourth-order valence-electron chi connectivity index (χ4n) is 5.20. The van der Waals surface area contributed by atoms with Gasteiger partial charge in [0.2, 0.25) is 12.6 Å². The van der Waals surface area contributed by atoms with Crippen molar-refractivity contribution in [1.82, 2.24) is 0 Å². The Kier molecular flexibility index (Phi) is 14.1. The Hall–Kier alpha value is -4.76. The molecule has 0 amide bonds. The highest BCUT2D eigenvalue weighted by molar-refractivity contribution is 5.90. The van der Waals surface area contributed by atoms with Gasteiger partial charge in [0.05, 0.1) is 32.0 Å². The van der Waals surface area contributed by atoms with Gasteiger partial charge in [0.1, 0.15) is 12.7 Å². The van der Waals surface area contributed by atoms with Crippen LogP contribution in [0, 0.1) is 5.92 Å². The molecule has 1 saturated heterocycles. The number of benzene rings is 1. The third-order valence-corrected chi connectivity index (χ3v) is 7.20. The molecule has 1 aromatic rings. The molecule has 0 unspecified atom stereocenters. The first-order valence-corrected chi connectivity index (χ1v) is 15.1. The van der Waals surface area contributed by atoms with E-state index in [1.807, 2.05) is 30.3 Å². The summed E-state index contributed by atoms with van der Waals surface area (Å²) in [6, 6.07) is 9.42. The zero-order chi connectivity index (χ0) is 35.4. The summed E-state index contributed by atoms with van der Waals surface area (Å²) in [6.45, 7) is 5.68. The molecule has 1 fully saturated rings. The highest BCUT2D eigenvalue weighted by Gasteiger charge is 2.54. The van der Waals surface area contributed by atoms with Gasteiger partial charge in [-0.3, -0.25) is 24.0 Å². The van der Waals surface area contributed by atoms with Gasteiger partial charge in [-0.15, -0.1) is 0 Å². The summed E-state index contributed by atoms with van der Waals surface area (Å²) in [5.74, 6) is -5.43. The highest BCUT2D eigenvalue weighted by atomic mass is 16.8. The number of hydrogen-bond donors (Lipinski definition) is 0. The molecule has 262 valence electrons. The molecule has 0 radical (unpaired) electrons. The lowest BCUT2D eigenvalue weighted by Crippen LogP contribution is -2.63. The molecule has 3 rings (SSSR count). The van der Waals surface area contributed by atoms with Crippen LogP contribution in [0.4, 0.5) is 0 Å². The maximum Gasteiger partial charge on any atom is 0.337 e. The molecule has 15 nitrogen and oxygen atoms in total. The molecule has 0 aliphatic carbocycles. The predicted octanol–water partition coefficient (Wildman–Crippen LogP) is 2.24. The van der Waals surface area contributed by atoms with Crippen molar-refractivity contribution < 1.29 is 71.4 Å². The number of methoxy groups -OCH3 is 1. The maximum atomic E-state index is 13.0. The number of allylic oxidation sites excluding steroid dienone is 1. The van der Waals surface area contributed by atoms with E-state index in [2.05, 4.69) is 0 Å². The quantitative estimate of drug-likeness (QED) is 0.168. The fraction of sp³-hybridized carbons (Fsp3) is 0.515. The molecule has 7 atom stereocenters. The normalized spacial score (nSPS) is 25.8. The molecule has 0 N–H and O–H groups in total. The van der Waals surface area contributed by atoms with Crippen molar-refractivity contribution in [3.05, 3.63) is 59.4 Å². The molecule has 0 aromatic heterocycles. The summed E-state index contributed by atoms with van der Waals surface area (Å²) in [7, 11) is 1.17. The first-order valence-electron chi connectivity index (χ1n) is 15.1. The molecule has 0 spiro atoms. The van der Waals surface area contributed by atoms with E-state index < -0.39 is 85.3 Å². The zero-order valence-corrected chi connectivity index (χ0v) is 27.5. The highest BCUT2D eigenvalue weighted by Crippen LogP contribution is 2.37. The first kappa shape index (κ1) is 37.7. The molecule has 2 heterocycles. The summed E-state index contributed by atoms with van der Waals surface area (Å²) in [5.41, 5.74) is 1.26. The van der Waals surface area contributed by atoms with Crippen molar-refractivity contribution >= 4 is 35.8 Å². The fourth-order valence-corrected chi connectivity index (χ4v) is 5.20. The van der Waals surface area contributed by atoms with E-state index in [-0.39, 0.29) is 24.2 Å². The van der Waals surface area contributed by atoms with E-state index in [9.17, 15) is 28.8 Å². The van der Waals surface area contributed by atoms with E-state index in [1.165, 1.54) is 7.11 Å². The zero-order valence-electron chi connectivity index (χ0n) is 27.5. The van der Waals surface area contributed by atoms with Crippen LogP contribution >= 0.6 is 0 Å². The van der Waals surface area contributed by atoms with Crippen LogP contribution in [0.25, 0.3) is 0 Å². The molecule has 48 heavy (non-hydrogen) atoms. The van der Waals surface area contributed by atoms with Gasteiger partial charge < -0.3 is 42.6 Å². The van der Waals surface area contributed by atoms with Crippen molar-refractivity contribution in [3.63, 3.8) is 0 Å². The number of rotatable bonds is 13. The average Bonchev–Trinajstić information content (AvgIpc) is 3.02. The van der Waals surface area contributed by atoms with Crippen molar-refractivity contribution in [3.8, 4) is 0 Å². The lowest BCUT2D eigenvalue weighted by atomic mass is 9.86. The Morgan fingerprint density at radius 3 is 2.02 bits per heavy atom. The summed E-state index contributed by atoms with van der Waals surface area (Å²) in [5, 5.41) is 0. The third-order valence-electron chi connectivity index (χ3n) is 7.20. The average molecular weight is 677 g/mol. The van der Waals surface area contributed by atoms with Crippen LogP contribution in [0.15, 0.2) is 53.8 Å². The van der Waals surface area contributed by atoms with Gasteiger partial charge in [-0.1, -0.05) is 36.4 Å². The van der Waals surface area contributed by atoms with Gasteiger partial charge in [0, 0.05) is 45.6 Å². The smallest absolute Gasteiger partial charge is 0.337 e. The van der Waals surface area contributed by atoms with Crippen molar-refractivity contribution in [2.75, 3.05) is 20.3 Å². The molecular weight excluding hydrogens is 636 g/mol. The van der Waals surface area contributed by atoms with Crippen molar-refractivity contribution in [2.45, 2.75) is 84.5 Å². The van der Waals surface area contributed by atoms with Crippen LogP contribution in [0.1, 0.15) is 46.6 Å². The lowest BCUT2D eigenvalue weighted by Gasteiger charge is -2.45.